The average Bonchev–Trinajstić information content (AvgIpc) is 3.05. The molecule has 2 unspecified atom stereocenters. The van der Waals surface area contributed by atoms with Gasteiger partial charge in [-0.1, -0.05) is 54.6 Å². The summed E-state index contributed by atoms with van der Waals surface area (Å²) in [5, 5.41) is 9.98. The van der Waals surface area contributed by atoms with E-state index in [1.807, 2.05) is 0 Å². The molecule has 3 aromatic rings. The zero-order chi connectivity index (χ0) is 21.3. The van der Waals surface area contributed by atoms with Crippen LogP contribution in [0.2, 0.25) is 0 Å². The number of benzene rings is 3. The lowest BCUT2D eigenvalue weighted by molar-refractivity contribution is -0.135. The Morgan fingerprint density at radius 3 is 2.20 bits per heavy atom. The fourth-order valence-electron chi connectivity index (χ4n) is 3.80. The standard InChI is InChI=1S/C24H19NO5/c1-30-19-14-16(12-13-18(19)26)21-20(22(27)15-8-4-2-5-9-15)23(28)24(29)25(21)17-10-6-3-7-11-17/h2-14,20-21,26H,1H3. The summed E-state index contributed by atoms with van der Waals surface area (Å²) in [5.74, 6) is -3.02. The quantitative estimate of drug-likeness (QED) is 0.402. The Morgan fingerprint density at radius 1 is 0.933 bits per heavy atom. The van der Waals surface area contributed by atoms with E-state index in [4.69, 9.17) is 4.74 Å². The van der Waals surface area contributed by atoms with Gasteiger partial charge in [-0.3, -0.25) is 19.3 Å². The lowest BCUT2D eigenvalue weighted by Gasteiger charge is -2.27. The van der Waals surface area contributed by atoms with Crippen LogP contribution in [-0.4, -0.2) is 29.7 Å². The van der Waals surface area contributed by atoms with Crippen LogP contribution in [0.5, 0.6) is 11.5 Å². The number of rotatable bonds is 5. The number of carbonyl (C=O) groups excluding carboxylic acids is 3. The highest BCUT2D eigenvalue weighted by Crippen LogP contribution is 2.43. The van der Waals surface area contributed by atoms with E-state index >= 15 is 0 Å². The molecule has 6 nitrogen and oxygen atoms in total. The number of para-hydroxylation sites is 1. The molecule has 1 N–H and O–H groups in total. The Bertz CT molecular complexity index is 1110. The number of carbonyl (C=O) groups is 3. The van der Waals surface area contributed by atoms with Crippen molar-refractivity contribution in [3.8, 4) is 11.5 Å². The second kappa shape index (κ2) is 7.83. The molecule has 2 atom stereocenters. The number of phenols is 1. The number of anilines is 1. The summed E-state index contributed by atoms with van der Waals surface area (Å²) in [4.78, 5) is 40.7. The van der Waals surface area contributed by atoms with E-state index in [0.717, 1.165) is 0 Å². The van der Waals surface area contributed by atoms with Gasteiger partial charge in [0.2, 0.25) is 5.78 Å². The maximum Gasteiger partial charge on any atom is 0.295 e. The van der Waals surface area contributed by atoms with Gasteiger partial charge < -0.3 is 9.84 Å². The maximum atomic E-state index is 13.3. The molecule has 30 heavy (non-hydrogen) atoms. The Balaban J connectivity index is 1.88. The normalized spacial score (nSPS) is 18.5. The number of amides is 1. The van der Waals surface area contributed by atoms with Crippen LogP contribution in [0.1, 0.15) is 22.0 Å². The summed E-state index contributed by atoms with van der Waals surface area (Å²) in [7, 11) is 1.41. The first-order valence-electron chi connectivity index (χ1n) is 9.41. The highest BCUT2D eigenvalue weighted by Gasteiger charge is 2.52. The van der Waals surface area contributed by atoms with Gasteiger partial charge in [0.15, 0.2) is 17.3 Å². The second-order valence-electron chi connectivity index (χ2n) is 6.96. The van der Waals surface area contributed by atoms with Crippen molar-refractivity contribution in [1.29, 1.82) is 0 Å². The van der Waals surface area contributed by atoms with Gasteiger partial charge in [-0.15, -0.1) is 0 Å². The summed E-state index contributed by atoms with van der Waals surface area (Å²) in [5.41, 5.74) is 1.38. The Hall–Kier alpha value is -3.93. The molecule has 0 saturated carbocycles. The van der Waals surface area contributed by atoms with Gasteiger partial charge in [0.25, 0.3) is 5.91 Å². The third-order valence-corrected chi connectivity index (χ3v) is 5.23. The highest BCUT2D eigenvalue weighted by atomic mass is 16.5. The fourth-order valence-corrected chi connectivity index (χ4v) is 3.80. The van der Waals surface area contributed by atoms with E-state index in [2.05, 4.69) is 0 Å². The van der Waals surface area contributed by atoms with Crippen molar-refractivity contribution in [3.63, 3.8) is 0 Å². The van der Waals surface area contributed by atoms with Gasteiger partial charge in [-0.25, -0.2) is 0 Å². The van der Waals surface area contributed by atoms with Crippen LogP contribution in [0.3, 0.4) is 0 Å². The average molecular weight is 401 g/mol. The first-order chi connectivity index (χ1) is 14.5. The zero-order valence-corrected chi connectivity index (χ0v) is 16.2. The number of hydrogen-bond acceptors (Lipinski definition) is 5. The molecule has 3 aromatic carbocycles. The third kappa shape index (κ3) is 3.22. The van der Waals surface area contributed by atoms with Crippen LogP contribution in [-0.2, 0) is 9.59 Å². The SMILES string of the molecule is COc1cc(C2C(C(=O)c3ccccc3)C(=O)C(=O)N2c2ccccc2)ccc1O. The predicted octanol–water partition coefficient (Wildman–Crippen LogP) is 3.56. The molecule has 1 fully saturated rings. The summed E-state index contributed by atoms with van der Waals surface area (Å²) < 4.78 is 5.20. The van der Waals surface area contributed by atoms with E-state index in [-0.39, 0.29) is 11.5 Å². The van der Waals surface area contributed by atoms with Crippen molar-refractivity contribution < 1.29 is 24.2 Å². The Labute approximate surface area is 173 Å². The molecule has 1 saturated heterocycles. The molecular weight excluding hydrogens is 382 g/mol. The number of ketones is 2. The molecule has 1 amide bonds. The number of nitrogens with zero attached hydrogens (tertiary/aromatic N) is 1. The van der Waals surface area contributed by atoms with Crippen molar-refractivity contribution in [3.05, 3.63) is 90.0 Å². The molecular formula is C24H19NO5. The second-order valence-corrected chi connectivity index (χ2v) is 6.96. The number of aromatic hydroxyl groups is 1. The van der Waals surface area contributed by atoms with Crippen molar-refractivity contribution in [2.45, 2.75) is 6.04 Å². The van der Waals surface area contributed by atoms with Gasteiger partial charge in [0.1, 0.15) is 5.92 Å². The van der Waals surface area contributed by atoms with Crippen LogP contribution in [0.15, 0.2) is 78.9 Å². The minimum Gasteiger partial charge on any atom is -0.504 e. The topological polar surface area (TPSA) is 83.9 Å². The van der Waals surface area contributed by atoms with E-state index in [1.165, 1.54) is 18.1 Å². The van der Waals surface area contributed by atoms with Crippen molar-refractivity contribution in [2.75, 3.05) is 12.0 Å². The summed E-state index contributed by atoms with van der Waals surface area (Å²) in [6, 6.07) is 20.9. The first kappa shape index (κ1) is 19.4. The molecule has 1 aliphatic rings. The van der Waals surface area contributed by atoms with E-state index in [1.54, 1.807) is 72.8 Å². The number of hydrogen-bond donors (Lipinski definition) is 1. The largest absolute Gasteiger partial charge is 0.504 e. The van der Waals surface area contributed by atoms with Gasteiger partial charge in [0.05, 0.1) is 13.2 Å². The van der Waals surface area contributed by atoms with E-state index in [0.29, 0.717) is 16.8 Å². The minimum absolute atomic E-state index is 0.0749. The van der Waals surface area contributed by atoms with Crippen LogP contribution < -0.4 is 9.64 Å². The summed E-state index contributed by atoms with van der Waals surface area (Å²) >= 11 is 0. The molecule has 0 aromatic heterocycles. The molecule has 0 bridgehead atoms. The Morgan fingerprint density at radius 2 is 1.57 bits per heavy atom. The van der Waals surface area contributed by atoms with Crippen molar-refractivity contribution in [2.24, 2.45) is 5.92 Å². The molecule has 1 aliphatic heterocycles. The number of ether oxygens (including phenoxy) is 1. The van der Waals surface area contributed by atoms with Crippen LogP contribution in [0, 0.1) is 5.92 Å². The molecule has 6 heteroatoms. The molecule has 0 spiro atoms. The maximum absolute atomic E-state index is 13.3. The van der Waals surface area contributed by atoms with E-state index in [9.17, 15) is 19.5 Å². The minimum atomic E-state index is -1.21. The molecule has 0 radical (unpaired) electrons. The van der Waals surface area contributed by atoms with Crippen LogP contribution in [0.25, 0.3) is 0 Å². The van der Waals surface area contributed by atoms with E-state index < -0.39 is 29.4 Å². The van der Waals surface area contributed by atoms with Gasteiger partial charge in [-0.2, -0.15) is 0 Å². The third-order valence-electron chi connectivity index (χ3n) is 5.23. The molecule has 1 heterocycles. The number of Topliss-reactive ketones (excluding diaryl/α,β-unsaturated/α-hetero) is 2. The fraction of sp³-hybridized carbons (Fsp3) is 0.125. The van der Waals surface area contributed by atoms with Crippen LogP contribution in [0.4, 0.5) is 5.69 Å². The van der Waals surface area contributed by atoms with Gasteiger partial charge >= 0.3 is 0 Å². The van der Waals surface area contributed by atoms with Gasteiger partial charge in [0, 0.05) is 11.3 Å². The summed E-state index contributed by atoms with van der Waals surface area (Å²) in [6.07, 6.45) is 0. The zero-order valence-electron chi connectivity index (χ0n) is 16.2. The van der Waals surface area contributed by atoms with Crippen LogP contribution >= 0.6 is 0 Å². The molecule has 150 valence electrons. The predicted molar refractivity (Wildman–Crippen MR) is 111 cm³/mol. The van der Waals surface area contributed by atoms with Gasteiger partial charge in [-0.05, 0) is 29.8 Å². The van der Waals surface area contributed by atoms with Crippen molar-refractivity contribution in [1.82, 2.24) is 0 Å². The molecule has 4 rings (SSSR count). The monoisotopic (exact) mass is 401 g/mol. The first-order valence-corrected chi connectivity index (χ1v) is 9.41. The highest BCUT2D eigenvalue weighted by molar-refractivity contribution is 6.49. The summed E-state index contributed by atoms with van der Waals surface area (Å²) in [6.45, 7) is 0. The lowest BCUT2D eigenvalue weighted by atomic mass is 9.86. The molecule has 0 aliphatic carbocycles. The lowest BCUT2D eigenvalue weighted by Crippen LogP contribution is -2.30. The number of methoxy groups -OCH3 is 1. The Kier molecular flexibility index (Phi) is 5.06. The number of phenolic OH excluding ortho intramolecular Hbond substituents is 1. The smallest absolute Gasteiger partial charge is 0.295 e. The van der Waals surface area contributed by atoms with Crippen molar-refractivity contribution >= 4 is 23.2 Å².